The van der Waals surface area contributed by atoms with Crippen LogP contribution in [0.2, 0.25) is 0 Å². The molecular weight excluding hydrogens is 336 g/mol. The Bertz CT molecular complexity index is 621. The van der Waals surface area contributed by atoms with Crippen LogP contribution in [0, 0.1) is 5.92 Å². The van der Waals surface area contributed by atoms with Crippen molar-refractivity contribution < 1.29 is 14.2 Å². The van der Waals surface area contributed by atoms with Gasteiger partial charge in [0.05, 0.1) is 18.6 Å². The van der Waals surface area contributed by atoms with Crippen molar-refractivity contribution >= 4 is 22.0 Å². The topological polar surface area (TPSA) is 66.1 Å². The molecule has 0 radical (unpaired) electrons. The van der Waals surface area contributed by atoms with Gasteiger partial charge in [-0.25, -0.2) is 4.99 Å². The number of benzene rings is 1. The van der Waals surface area contributed by atoms with Gasteiger partial charge in [0.15, 0.2) is 0 Å². The predicted molar refractivity (Wildman–Crippen MR) is 81.3 cm³/mol. The normalized spacial score (nSPS) is 37.2. The Kier molecular flexibility index (Phi) is 2.94. The molecule has 0 aromatic heterocycles. The summed E-state index contributed by atoms with van der Waals surface area (Å²) in [7, 11) is 0. The quantitative estimate of drug-likeness (QED) is 0.776. The lowest BCUT2D eigenvalue weighted by molar-refractivity contribution is -0.116. The Morgan fingerprint density at radius 1 is 1.43 bits per heavy atom. The molecule has 5 nitrogen and oxygen atoms in total. The number of aliphatic imine (C=N–C) groups is 1. The minimum absolute atomic E-state index is 0.0501. The van der Waals surface area contributed by atoms with Gasteiger partial charge in [0.1, 0.15) is 24.0 Å². The number of hydrogen-bond donors (Lipinski definition) is 1. The van der Waals surface area contributed by atoms with Gasteiger partial charge in [-0.3, -0.25) is 0 Å². The maximum atomic E-state index is 6.22. The summed E-state index contributed by atoms with van der Waals surface area (Å²) in [6.45, 7) is 3.24. The van der Waals surface area contributed by atoms with Crippen LogP contribution in [-0.4, -0.2) is 31.4 Å². The predicted octanol–water partition coefficient (Wildman–Crippen LogP) is 2.18. The number of nitrogens with two attached hydrogens (primary N) is 1. The lowest BCUT2D eigenvalue weighted by Gasteiger charge is -2.48. The molecule has 112 valence electrons. The Labute approximate surface area is 131 Å². The molecule has 21 heavy (non-hydrogen) atoms. The van der Waals surface area contributed by atoms with Crippen molar-refractivity contribution in [3.63, 3.8) is 0 Å². The summed E-state index contributed by atoms with van der Waals surface area (Å²) >= 11 is 3.53. The number of hydrogen-bond acceptors (Lipinski definition) is 5. The molecule has 4 rings (SSSR count). The number of halogens is 1. The molecule has 1 aromatic carbocycles. The van der Waals surface area contributed by atoms with E-state index < -0.39 is 5.54 Å². The lowest BCUT2D eigenvalue weighted by Crippen LogP contribution is -2.56. The third-order valence-electron chi connectivity index (χ3n) is 4.68. The molecule has 1 fully saturated rings. The van der Waals surface area contributed by atoms with Gasteiger partial charge in [-0.15, -0.1) is 0 Å². The molecule has 1 aromatic rings. The fourth-order valence-electron chi connectivity index (χ4n) is 3.82. The van der Waals surface area contributed by atoms with E-state index in [9.17, 15) is 0 Å². The largest absolute Gasteiger partial charge is 0.489 e. The number of ether oxygens (including phenoxy) is 3. The van der Waals surface area contributed by atoms with Crippen molar-refractivity contribution in [1.82, 2.24) is 0 Å². The van der Waals surface area contributed by atoms with Crippen LogP contribution in [0.25, 0.3) is 0 Å². The van der Waals surface area contributed by atoms with Crippen LogP contribution >= 0.6 is 15.9 Å². The van der Waals surface area contributed by atoms with Crippen LogP contribution in [0.1, 0.15) is 18.9 Å². The SMILES string of the molecule is CC1OCCC2Oc3ccc(Br)cc3C3(COC(N)=N3)C12. The van der Waals surface area contributed by atoms with Crippen molar-refractivity contribution in [3.8, 4) is 5.75 Å². The second-order valence-electron chi connectivity index (χ2n) is 5.85. The molecule has 1 spiro atoms. The molecule has 0 bridgehead atoms. The molecule has 0 amide bonds. The number of rotatable bonds is 0. The van der Waals surface area contributed by atoms with Crippen LogP contribution in [0.4, 0.5) is 0 Å². The number of nitrogens with zero attached hydrogens (tertiary/aromatic N) is 1. The molecule has 0 saturated carbocycles. The van der Waals surface area contributed by atoms with Crippen molar-refractivity contribution in [2.24, 2.45) is 16.6 Å². The molecule has 6 heteroatoms. The van der Waals surface area contributed by atoms with E-state index >= 15 is 0 Å². The van der Waals surface area contributed by atoms with Gasteiger partial charge in [-0.05, 0) is 25.1 Å². The first kappa shape index (κ1) is 13.4. The van der Waals surface area contributed by atoms with Crippen LogP contribution in [0.5, 0.6) is 5.75 Å². The fraction of sp³-hybridized carbons (Fsp3) is 0.533. The van der Waals surface area contributed by atoms with Crippen molar-refractivity contribution in [3.05, 3.63) is 28.2 Å². The zero-order chi connectivity index (χ0) is 14.6. The van der Waals surface area contributed by atoms with E-state index in [2.05, 4.69) is 33.9 Å². The van der Waals surface area contributed by atoms with Gasteiger partial charge in [0, 0.05) is 16.5 Å². The summed E-state index contributed by atoms with van der Waals surface area (Å²) in [4.78, 5) is 4.69. The van der Waals surface area contributed by atoms with E-state index in [0.29, 0.717) is 13.2 Å². The summed E-state index contributed by atoms with van der Waals surface area (Å²) < 4.78 is 18.6. The van der Waals surface area contributed by atoms with Gasteiger partial charge >= 0.3 is 0 Å². The molecule has 3 aliphatic rings. The first-order valence-electron chi connectivity index (χ1n) is 7.16. The standard InChI is InChI=1S/C15H17BrN2O3/c1-8-13-12(4-5-19-8)21-11-3-2-9(16)6-10(11)15(13)7-20-14(17)18-15/h2-3,6,8,12-13H,4-5,7H2,1H3,(H2,17,18). The fourth-order valence-corrected chi connectivity index (χ4v) is 4.18. The number of amidine groups is 1. The summed E-state index contributed by atoms with van der Waals surface area (Å²) in [6, 6.07) is 6.28. The Hall–Kier alpha value is -1.27. The second-order valence-corrected chi connectivity index (χ2v) is 6.77. The average Bonchev–Trinajstić information content (AvgIpc) is 2.83. The molecule has 1 saturated heterocycles. The number of fused-ring (bicyclic) bond motifs is 4. The van der Waals surface area contributed by atoms with E-state index in [4.69, 9.17) is 19.9 Å². The third kappa shape index (κ3) is 1.89. The highest BCUT2D eigenvalue weighted by atomic mass is 79.9. The molecule has 3 aliphatic heterocycles. The second kappa shape index (κ2) is 4.61. The molecule has 4 atom stereocenters. The maximum Gasteiger partial charge on any atom is 0.283 e. The van der Waals surface area contributed by atoms with Gasteiger partial charge in [-0.2, -0.15) is 0 Å². The highest BCUT2D eigenvalue weighted by molar-refractivity contribution is 9.10. The lowest BCUT2D eigenvalue weighted by atomic mass is 9.70. The van der Waals surface area contributed by atoms with Crippen LogP contribution in [0.15, 0.2) is 27.7 Å². The van der Waals surface area contributed by atoms with Gasteiger partial charge in [0.2, 0.25) is 0 Å². The first-order chi connectivity index (χ1) is 10.1. The van der Waals surface area contributed by atoms with Gasteiger partial charge < -0.3 is 19.9 Å². The van der Waals surface area contributed by atoms with Gasteiger partial charge in [0.25, 0.3) is 6.02 Å². The Morgan fingerprint density at radius 2 is 2.29 bits per heavy atom. The maximum absolute atomic E-state index is 6.22. The highest BCUT2D eigenvalue weighted by Gasteiger charge is 2.57. The van der Waals surface area contributed by atoms with Crippen LogP contribution in [0.3, 0.4) is 0 Å². The Morgan fingerprint density at radius 3 is 3.05 bits per heavy atom. The van der Waals surface area contributed by atoms with Crippen molar-refractivity contribution in [2.45, 2.75) is 31.1 Å². The van der Waals surface area contributed by atoms with E-state index in [-0.39, 0.29) is 24.1 Å². The van der Waals surface area contributed by atoms with Crippen LogP contribution in [-0.2, 0) is 15.0 Å². The smallest absolute Gasteiger partial charge is 0.283 e. The van der Waals surface area contributed by atoms with E-state index in [0.717, 1.165) is 22.2 Å². The summed E-state index contributed by atoms with van der Waals surface area (Å²) in [5.41, 5.74) is 6.35. The minimum atomic E-state index is -0.508. The summed E-state index contributed by atoms with van der Waals surface area (Å²) in [5.74, 6) is 0.977. The summed E-state index contributed by atoms with van der Waals surface area (Å²) in [6.07, 6.45) is 0.997. The molecular formula is C15H17BrN2O3. The zero-order valence-electron chi connectivity index (χ0n) is 11.7. The van der Waals surface area contributed by atoms with Crippen molar-refractivity contribution in [1.29, 1.82) is 0 Å². The molecule has 0 aliphatic carbocycles. The molecule has 4 unspecified atom stereocenters. The minimum Gasteiger partial charge on any atom is -0.489 e. The van der Waals surface area contributed by atoms with E-state index in [1.807, 2.05) is 12.1 Å². The van der Waals surface area contributed by atoms with Crippen molar-refractivity contribution in [2.75, 3.05) is 13.2 Å². The first-order valence-corrected chi connectivity index (χ1v) is 7.96. The van der Waals surface area contributed by atoms with Gasteiger partial charge in [-0.1, -0.05) is 15.9 Å². The summed E-state index contributed by atoms with van der Waals surface area (Å²) in [5, 5.41) is 0. The van der Waals surface area contributed by atoms with Crippen LogP contribution < -0.4 is 10.5 Å². The molecule has 2 N–H and O–H groups in total. The third-order valence-corrected chi connectivity index (χ3v) is 5.17. The van der Waals surface area contributed by atoms with E-state index in [1.54, 1.807) is 0 Å². The monoisotopic (exact) mass is 352 g/mol. The van der Waals surface area contributed by atoms with E-state index in [1.165, 1.54) is 0 Å². The highest BCUT2D eigenvalue weighted by Crippen LogP contribution is 2.52. The average molecular weight is 353 g/mol. The zero-order valence-corrected chi connectivity index (χ0v) is 13.3. The Balaban J connectivity index is 1.92. The molecule has 3 heterocycles.